The Balaban J connectivity index is 2.28. The average molecular weight is 267 g/mol. The number of carbonyl (C=O) groups excluding carboxylic acids is 2. The summed E-state index contributed by atoms with van der Waals surface area (Å²) in [5, 5.41) is 2.52. The van der Waals surface area contributed by atoms with E-state index in [1.54, 1.807) is 12.1 Å². The number of carbonyl (C=O) groups is 2. The minimum atomic E-state index is -0.873. The van der Waals surface area contributed by atoms with Crippen LogP contribution < -0.4 is 21.5 Å². The van der Waals surface area contributed by atoms with E-state index in [1.165, 1.54) is 0 Å². The van der Waals surface area contributed by atoms with E-state index in [9.17, 15) is 9.59 Å². The SMILES string of the molecule is NCc1ccccc1OCC(=O)NCCOC(N)=O. The van der Waals surface area contributed by atoms with E-state index in [1.807, 2.05) is 12.1 Å². The van der Waals surface area contributed by atoms with Gasteiger partial charge in [0, 0.05) is 12.1 Å². The van der Waals surface area contributed by atoms with Crippen molar-refractivity contribution >= 4 is 12.0 Å². The molecule has 1 aromatic carbocycles. The molecule has 0 heterocycles. The van der Waals surface area contributed by atoms with E-state index in [0.717, 1.165) is 5.56 Å². The average Bonchev–Trinajstić information content (AvgIpc) is 2.41. The largest absolute Gasteiger partial charge is 0.483 e. The van der Waals surface area contributed by atoms with Crippen LogP contribution in [0.5, 0.6) is 5.75 Å². The van der Waals surface area contributed by atoms with Crippen molar-refractivity contribution in [3.05, 3.63) is 29.8 Å². The molecule has 0 aliphatic rings. The summed E-state index contributed by atoms with van der Waals surface area (Å²) >= 11 is 0. The molecule has 0 aliphatic carbocycles. The van der Waals surface area contributed by atoms with Gasteiger partial charge in [-0.25, -0.2) is 4.79 Å². The van der Waals surface area contributed by atoms with Gasteiger partial charge in [-0.15, -0.1) is 0 Å². The number of nitrogens with one attached hydrogen (secondary N) is 1. The van der Waals surface area contributed by atoms with Crippen molar-refractivity contribution in [2.45, 2.75) is 6.54 Å². The molecule has 0 radical (unpaired) electrons. The fraction of sp³-hybridized carbons (Fsp3) is 0.333. The van der Waals surface area contributed by atoms with E-state index >= 15 is 0 Å². The normalized spacial score (nSPS) is 9.74. The van der Waals surface area contributed by atoms with Gasteiger partial charge < -0.3 is 26.3 Å². The highest BCUT2D eigenvalue weighted by molar-refractivity contribution is 5.77. The van der Waals surface area contributed by atoms with Crippen molar-refractivity contribution < 1.29 is 19.1 Å². The molecule has 1 aromatic rings. The molecule has 7 nitrogen and oxygen atoms in total. The first-order valence-corrected chi connectivity index (χ1v) is 5.73. The van der Waals surface area contributed by atoms with Crippen molar-refractivity contribution in [3.63, 3.8) is 0 Å². The summed E-state index contributed by atoms with van der Waals surface area (Å²) in [5.41, 5.74) is 11.1. The third kappa shape index (κ3) is 5.73. The molecule has 0 aliphatic heterocycles. The topological polar surface area (TPSA) is 117 Å². The maximum Gasteiger partial charge on any atom is 0.404 e. The van der Waals surface area contributed by atoms with Gasteiger partial charge in [0.1, 0.15) is 12.4 Å². The van der Waals surface area contributed by atoms with Crippen LogP contribution in [0.3, 0.4) is 0 Å². The highest BCUT2D eigenvalue weighted by atomic mass is 16.5. The first kappa shape index (κ1) is 14.8. The van der Waals surface area contributed by atoms with E-state index in [2.05, 4.69) is 10.1 Å². The molecule has 0 fully saturated rings. The molecule has 0 bridgehead atoms. The van der Waals surface area contributed by atoms with E-state index in [0.29, 0.717) is 12.3 Å². The van der Waals surface area contributed by atoms with Crippen LogP contribution in [0.1, 0.15) is 5.56 Å². The molecule has 19 heavy (non-hydrogen) atoms. The maximum atomic E-state index is 11.4. The van der Waals surface area contributed by atoms with Crippen LogP contribution in [0, 0.1) is 0 Å². The van der Waals surface area contributed by atoms with Crippen molar-refractivity contribution in [3.8, 4) is 5.75 Å². The summed E-state index contributed by atoms with van der Waals surface area (Å²) in [6.07, 6.45) is -0.873. The Bertz CT molecular complexity index is 437. The molecule has 1 rings (SSSR count). The molecule has 5 N–H and O–H groups in total. The van der Waals surface area contributed by atoms with Crippen LogP contribution in [0.4, 0.5) is 4.79 Å². The lowest BCUT2D eigenvalue weighted by molar-refractivity contribution is -0.123. The Morgan fingerprint density at radius 3 is 2.68 bits per heavy atom. The molecular weight excluding hydrogens is 250 g/mol. The van der Waals surface area contributed by atoms with E-state index < -0.39 is 6.09 Å². The van der Waals surface area contributed by atoms with Gasteiger partial charge in [-0.05, 0) is 6.07 Å². The summed E-state index contributed by atoms with van der Waals surface area (Å²) in [5.74, 6) is 0.258. The standard InChI is InChI=1S/C12H17N3O4/c13-7-9-3-1-2-4-10(9)19-8-11(16)15-5-6-18-12(14)17/h1-4H,5-8,13H2,(H2,14,17)(H,15,16). The smallest absolute Gasteiger partial charge is 0.404 e. The number of benzene rings is 1. The number of hydrogen-bond acceptors (Lipinski definition) is 5. The number of hydrogen-bond donors (Lipinski definition) is 3. The Kier molecular flexibility index (Phi) is 6.17. The quantitative estimate of drug-likeness (QED) is 0.588. The Morgan fingerprint density at radius 1 is 1.26 bits per heavy atom. The zero-order chi connectivity index (χ0) is 14.1. The minimum absolute atomic E-state index is 0.0282. The van der Waals surface area contributed by atoms with Gasteiger partial charge in [0.05, 0.1) is 6.54 Å². The van der Waals surface area contributed by atoms with Crippen LogP contribution in [0.2, 0.25) is 0 Å². The van der Waals surface area contributed by atoms with Crippen LogP contribution >= 0.6 is 0 Å². The second-order valence-electron chi connectivity index (χ2n) is 3.62. The van der Waals surface area contributed by atoms with Gasteiger partial charge in [0.25, 0.3) is 5.91 Å². The number of primary amides is 1. The second kappa shape index (κ2) is 7.93. The van der Waals surface area contributed by atoms with Gasteiger partial charge in [0.15, 0.2) is 6.61 Å². The lowest BCUT2D eigenvalue weighted by Crippen LogP contribution is -2.32. The molecule has 0 unspecified atom stereocenters. The molecule has 2 amide bonds. The third-order valence-electron chi connectivity index (χ3n) is 2.22. The summed E-state index contributed by atoms with van der Waals surface area (Å²) in [6, 6.07) is 7.21. The molecule has 0 spiro atoms. The van der Waals surface area contributed by atoms with Gasteiger partial charge >= 0.3 is 6.09 Å². The zero-order valence-corrected chi connectivity index (χ0v) is 10.4. The number of nitrogens with two attached hydrogens (primary N) is 2. The Morgan fingerprint density at radius 2 is 2.00 bits per heavy atom. The summed E-state index contributed by atoms with van der Waals surface area (Å²) in [6.45, 7) is 0.419. The van der Waals surface area contributed by atoms with Crippen LogP contribution in [0.25, 0.3) is 0 Å². The lowest BCUT2D eigenvalue weighted by Gasteiger charge is -2.10. The third-order valence-corrected chi connectivity index (χ3v) is 2.22. The zero-order valence-electron chi connectivity index (χ0n) is 10.4. The van der Waals surface area contributed by atoms with Gasteiger partial charge in [-0.1, -0.05) is 18.2 Å². The van der Waals surface area contributed by atoms with E-state index in [-0.39, 0.29) is 25.7 Å². The van der Waals surface area contributed by atoms with E-state index in [4.69, 9.17) is 16.2 Å². The maximum absolute atomic E-state index is 11.4. The van der Waals surface area contributed by atoms with Crippen LogP contribution in [-0.4, -0.2) is 31.8 Å². The lowest BCUT2D eigenvalue weighted by atomic mass is 10.2. The molecular formula is C12H17N3O4. The molecule has 0 aromatic heterocycles. The van der Waals surface area contributed by atoms with Gasteiger partial charge in [-0.2, -0.15) is 0 Å². The van der Waals surface area contributed by atoms with Gasteiger partial charge in [-0.3, -0.25) is 4.79 Å². The summed E-state index contributed by atoms with van der Waals surface area (Å²) < 4.78 is 9.80. The predicted octanol–water partition coefficient (Wildman–Crippen LogP) is -0.264. The van der Waals surface area contributed by atoms with Crippen LogP contribution in [0.15, 0.2) is 24.3 Å². The monoisotopic (exact) mass is 267 g/mol. The number of amides is 2. The Labute approximate surface area is 110 Å². The van der Waals surface area contributed by atoms with Crippen molar-refractivity contribution in [1.82, 2.24) is 5.32 Å². The predicted molar refractivity (Wildman–Crippen MR) is 68.4 cm³/mol. The summed E-state index contributed by atoms with van der Waals surface area (Å²) in [7, 11) is 0. The number of rotatable bonds is 7. The number of para-hydroxylation sites is 1. The first-order valence-electron chi connectivity index (χ1n) is 5.73. The van der Waals surface area contributed by atoms with Crippen molar-refractivity contribution in [2.75, 3.05) is 19.8 Å². The second-order valence-corrected chi connectivity index (χ2v) is 3.62. The number of ether oxygens (including phenoxy) is 2. The summed E-state index contributed by atoms with van der Waals surface area (Å²) in [4.78, 5) is 21.7. The fourth-order valence-electron chi connectivity index (χ4n) is 1.35. The Hall–Kier alpha value is -2.28. The first-order chi connectivity index (χ1) is 9.13. The highest BCUT2D eigenvalue weighted by Crippen LogP contribution is 2.16. The molecule has 0 saturated heterocycles. The molecule has 104 valence electrons. The molecule has 0 saturated carbocycles. The van der Waals surface area contributed by atoms with Crippen molar-refractivity contribution in [1.29, 1.82) is 0 Å². The minimum Gasteiger partial charge on any atom is -0.483 e. The van der Waals surface area contributed by atoms with Crippen molar-refractivity contribution in [2.24, 2.45) is 11.5 Å². The highest BCUT2D eigenvalue weighted by Gasteiger charge is 2.05. The van der Waals surface area contributed by atoms with Gasteiger partial charge in [0.2, 0.25) is 0 Å². The van der Waals surface area contributed by atoms with Crippen LogP contribution in [-0.2, 0) is 16.1 Å². The fourth-order valence-corrected chi connectivity index (χ4v) is 1.35. The molecule has 7 heteroatoms. The molecule has 0 atom stereocenters.